The number of hydrogen-bond donors (Lipinski definition) is 1. The summed E-state index contributed by atoms with van der Waals surface area (Å²) >= 11 is 1.43. The summed E-state index contributed by atoms with van der Waals surface area (Å²) < 4.78 is 17.4. The van der Waals surface area contributed by atoms with Gasteiger partial charge in [-0.05, 0) is 24.3 Å². The maximum absolute atomic E-state index is 12.1. The van der Waals surface area contributed by atoms with Gasteiger partial charge in [-0.3, -0.25) is 9.00 Å². The molecule has 0 aliphatic carbocycles. The van der Waals surface area contributed by atoms with Gasteiger partial charge in [0.1, 0.15) is 5.75 Å². The van der Waals surface area contributed by atoms with Crippen LogP contribution in [0.15, 0.2) is 58.5 Å². The SMILES string of the molecule is O=C(C[S@](=O)Cc1csc(-c2ccco2)n1)Nc1ccccc1. The number of furan rings is 1. The van der Waals surface area contributed by atoms with Gasteiger partial charge in [0.25, 0.3) is 0 Å². The van der Waals surface area contributed by atoms with Crippen LogP contribution in [0, 0.1) is 0 Å². The van der Waals surface area contributed by atoms with Crippen LogP contribution in [0.5, 0.6) is 0 Å². The monoisotopic (exact) mass is 346 g/mol. The minimum absolute atomic E-state index is 0.0531. The number of carbonyl (C=O) groups is 1. The largest absolute Gasteiger partial charge is 0.462 e. The summed E-state index contributed by atoms with van der Waals surface area (Å²) in [6.07, 6.45) is 1.59. The van der Waals surface area contributed by atoms with Crippen molar-refractivity contribution < 1.29 is 13.4 Å². The molecule has 0 saturated heterocycles. The summed E-state index contributed by atoms with van der Waals surface area (Å²) in [5, 5.41) is 5.31. The Bertz CT molecular complexity index is 798. The number of para-hydroxylation sites is 1. The van der Waals surface area contributed by atoms with E-state index >= 15 is 0 Å². The Kier molecular flexibility index (Phi) is 4.99. The standard InChI is InChI=1S/C16H14N2O3S2/c19-15(17-12-5-2-1-3-6-12)11-23(20)10-13-9-22-16(18-13)14-7-4-8-21-14/h1-9H,10-11H2,(H,17,19)/t23-/m1/s1. The van der Waals surface area contributed by atoms with Crippen LogP contribution in [0.2, 0.25) is 0 Å². The summed E-state index contributed by atoms with van der Waals surface area (Å²) in [4.78, 5) is 16.3. The van der Waals surface area contributed by atoms with Gasteiger partial charge in [0.05, 0.1) is 17.7 Å². The highest BCUT2D eigenvalue weighted by atomic mass is 32.2. The molecule has 0 fully saturated rings. The number of nitrogens with one attached hydrogen (secondary N) is 1. The number of carbonyl (C=O) groups excluding carboxylic acids is 1. The second kappa shape index (κ2) is 7.34. The van der Waals surface area contributed by atoms with Gasteiger partial charge in [-0.15, -0.1) is 11.3 Å². The predicted octanol–water partition coefficient (Wildman–Crippen LogP) is 3.29. The molecule has 1 amide bonds. The molecule has 0 bridgehead atoms. The van der Waals surface area contributed by atoms with Crippen molar-refractivity contribution in [2.75, 3.05) is 11.1 Å². The highest BCUT2D eigenvalue weighted by Gasteiger charge is 2.12. The van der Waals surface area contributed by atoms with E-state index in [0.29, 0.717) is 17.1 Å². The quantitative estimate of drug-likeness (QED) is 0.743. The van der Waals surface area contributed by atoms with Crippen LogP contribution in [0.4, 0.5) is 5.69 Å². The molecule has 1 aromatic carbocycles. The van der Waals surface area contributed by atoms with Crippen molar-refractivity contribution in [3.63, 3.8) is 0 Å². The third kappa shape index (κ3) is 4.37. The number of aromatic nitrogens is 1. The van der Waals surface area contributed by atoms with Crippen LogP contribution < -0.4 is 5.32 Å². The van der Waals surface area contributed by atoms with Crippen molar-refractivity contribution in [1.29, 1.82) is 0 Å². The van der Waals surface area contributed by atoms with Crippen molar-refractivity contribution in [2.45, 2.75) is 5.75 Å². The van der Waals surface area contributed by atoms with Gasteiger partial charge in [0.15, 0.2) is 10.8 Å². The Morgan fingerprint density at radius 3 is 2.78 bits per heavy atom. The van der Waals surface area contributed by atoms with Crippen molar-refractivity contribution in [1.82, 2.24) is 4.98 Å². The van der Waals surface area contributed by atoms with Gasteiger partial charge in [0, 0.05) is 21.9 Å². The summed E-state index contributed by atoms with van der Waals surface area (Å²) in [7, 11) is -1.31. The molecule has 118 valence electrons. The highest BCUT2D eigenvalue weighted by Crippen LogP contribution is 2.24. The number of nitrogens with zero attached hydrogens (tertiary/aromatic N) is 1. The minimum atomic E-state index is -1.31. The van der Waals surface area contributed by atoms with E-state index in [9.17, 15) is 9.00 Å². The van der Waals surface area contributed by atoms with Gasteiger partial charge in [0.2, 0.25) is 5.91 Å². The molecule has 3 rings (SSSR count). The second-order valence-corrected chi connectivity index (χ2v) is 7.08. The molecular weight excluding hydrogens is 332 g/mol. The Labute approximate surface area is 139 Å². The third-order valence-electron chi connectivity index (χ3n) is 2.94. The van der Waals surface area contributed by atoms with E-state index < -0.39 is 10.8 Å². The first-order valence-electron chi connectivity index (χ1n) is 6.89. The van der Waals surface area contributed by atoms with Crippen molar-refractivity contribution in [3.8, 4) is 10.8 Å². The molecule has 1 atom stereocenters. The minimum Gasteiger partial charge on any atom is -0.462 e. The van der Waals surface area contributed by atoms with Crippen LogP contribution in [-0.4, -0.2) is 20.9 Å². The summed E-state index contributed by atoms with van der Waals surface area (Å²) in [6.45, 7) is 0. The molecule has 1 N–H and O–H groups in total. The molecule has 0 aliphatic rings. The molecule has 23 heavy (non-hydrogen) atoms. The number of thiazole rings is 1. The van der Waals surface area contributed by atoms with Crippen molar-refractivity contribution in [2.24, 2.45) is 0 Å². The molecule has 3 aromatic rings. The van der Waals surface area contributed by atoms with E-state index in [-0.39, 0.29) is 17.4 Å². The topological polar surface area (TPSA) is 72.2 Å². The van der Waals surface area contributed by atoms with E-state index in [2.05, 4.69) is 10.3 Å². The zero-order valence-electron chi connectivity index (χ0n) is 12.1. The number of hydrogen-bond acceptors (Lipinski definition) is 5. The highest BCUT2D eigenvalue weighted by molar-refractivity contribution is 7.84. The molecule has 5 nitrogen and oxygen atoms in total. The smallest absolute Gasteiger partial charge is 0.237 e. The zero-order chi connectivity index (χ0) is 16.1. The van der Waals surface area contributed by atoms with Gasteiger partial charge >= 0.3 is 0 Å². The molecule has 0 aliphatic heterocycles. The number of rotatable bonds is 6. The Morgan fingerprint density at radius 2 is 2.04 bits per heavy atom. The van der Waals surface area contributed by atoms with Gasteiger partial charge in [-0.2, -0.15) is 0 Å². The van der Waals surface area contributed by atoms with Crippen LogP contribution in [0.1, 0.15) is 5.69 Å². The molecule has 0 radical (unpaired) electrons. The molecule has 0 spiro atoms. The maximum Gasteiger partial charge on any atom is 0.237 e. The lowest BCUT2D eigenvalue weighted by Gasteiger charge is -2.04. The number of benzene rings is 1. The molecule has 0 saturated carbocycles. The van der Waals surface area contributed by atoms with Crippen molar-refractivity contribution >= 4 is 33.7 Å². The average Bonchev–Trinajstić information content (AvgIpc) is 3.18. The maximum atomic E-state index is 12.1. The lowest BCUT2D eigenvalue weighted by Crippen LogP contribution is -2.20. The molecule has 2 aromatic heterocycles. The van der Waals surface area contributed by atoms with Crippen LogP contribution >= 0.6 is 11.3 Å². The molecule has 0 unspecified atom stereocenters. The van der Waals surface area contributed by atoms with E-state index in [1.807, 2.05) is 29.6 Å². The fourth-order valence-electron chi connectivity index (χ4n) is 1.97. The third-order valence-corrected chi connectivity index (χ3v) is 5.05. The van der Waals surface area contributed by atoms with E-state index in [1.54, 1.807) is 24.5 Å². The average molecular weight is 346 g/mol. The lowest BCUT2D eigenvalue weighted by atomic mass is 10.3. The van der Waals surface area contributed by atoms with E-state index in [1.165, 1.54) is 11.3 Å². The van der Waals surface area contributed by atoms with Gasteiger partial charge < -0.3 is 9.73 Å². The Morgan fingerprint density at radius 1 is 1.22 bits per heavy atom. The first kappa shape index (κ1) is 15.6. The first-order valence-corrected chi connectivity index (χ1v) is 9.25. The van der Waals surface area contributed by atoms with Crippen LogP contribution in [-0.2, 0) is 21.3 Å². The van der Waals surface area contributed by atoms with E-state index in [0.717, 1.165) is 5.01 Å². The lowest BCUT2D eigenvalue weighted by molar-refractivity contribution is -0.113. The van der Waals surface area contributed by atoms with Crippen LogP contribution in [0.25, 0.3) is 10.8 Å². The molecule has 7 heteroatoms. The normalized spacial score (nSPS) is 12.0. The Hall–Kier alpha value is -2.25. The number of anilines is 1. The first-order chi connectivity index (χ1) is 11.2. The van der Waals surface area contributed by atoms with Crippen molar-refractivity contribution in [3.05, 3.63) is 59.8 Å². The number of amides is 1. The fraction of sp³-hybridized carbons (Fsp3) is 0.125. The molecule has 2 heterocycles. The summed E-state index contributed by atoms with van der Waals surface area (Å²) in [5.74, 6) is 0.618. The van der Waals surface area contributed by atoms with Gasteiger partial charge in [-0.1, -0.05) is 18.2 Å². The molecular formula is C16H14N2O3S2. The van der Waals surface area contributed by atoms with Gasteiger partial charge in [-0.25, -0.2) is 4.98 Å². The van der Waals surface area contributed by atoms with Crippen LogP contribution in [0.3, 0.4) is 0 Å². The summed E-state index contributed by atoms with van der Waals surface area (Å²) in [5.41, 5.74) is 1.40. The Balaban J connectivity index is 1.54. The van der Waals surface area contributed by atoms with E-state index in [4.69, 9.17) is 4.42 Å². The second-order valence-electron chi connectivity index (χ2n) is 4.76. The predicted molar refractivity (Wildman–Crippen MR) is 91.6 cm³/mol. The fourth-order valence-corrected chi connectivity index (χ4v) is 3.80. The zero-order valence-corrected chi connectivity index (χ0v) is 13.7. The summed E-state index contributed by atoms with van der Waals surface area (Å²) in [6, 6.07) is 12.7.